The van der Waals surface area contributed by atoms with Crippen LogP contribution in [0.15, 0.2) is 67.1 Å². The van der Waals surface area contributed by atoms with Crippen LogP contribution >= 0.6 is 0 Å². The van der Waals surface area contributed by atoms with Crippen molar-refractivity contribution in [2.75, 3.05) is 0 Å². The highest BCUT2D eigenvalue weighted by Crippen LogP contribution is 2.44. The minimum atomic E-state index is -1.11. The van der Waals surface area contributed by atoms with Crippen molar-refractivity contribution in [2.45, 2.75) is 56.3 Å². The third-order valence-corrected chi connectivity index (χ3v) is 7.21. The molecule has 0 bridgehead atoms. The zero-order valence-electron chi connectivity index (χ0n) is 17.5. The number of aliphatic hydroxyl groups is 2. The van der Waals surface area contributed by atoms with Gasteiger partial charge in [-0.2, -0.15) is 0 Å². The number of nitrogens with zero attached hydrogens (tertiary/aromatic N) is 2. The number of Topliss-reactive ketones (excluding diaryl/α,β-unsaturated/α-hetero) is 1. The van der Waals surface area contributed by atoms with Crippen molar-refractivity contribution >= 4 is 5.78 Å². The Morgan fingerprint density at radius 1 is 1.10 bits per heavy atom. The van der Waals surface area contributed by atoms with Gasteiger partial charge in [0.2, 0.25) is 0 Å². The van der Waals surface area contributed by atoms with E-state index >= 15 is 0 Å². The first-order valence-electron chi connectivity index (χ1n) is 11.1. The molecular formula is C26H28N2O3. The Bertz CT molecular complexity index is 1070. The van der Waals surface area contributed by atoms with Crippen molar-refractivity contribution in [1.29, 1.82) is 0 Å². The molecule has 0 amide bonds. The van der Waals surface area contributed by atoms with E-state index < -0.39 is 11.7 Å². The summed E-state index contributed by atoms with van der Waals surface area (Å²) in [6, 6.07) is 17.6. The highest BCUT2D eigenvalue weighted by atomic mass is 16.3. The highest BCUT2D eigenvalue weighted by molar-refractivity contribution is 5.96. The summed E-state index contributed by atoms with van der Waals surface area (Å²) in [6.07, 6.45) is 6.34. The third kappa shape index (κ3) is 3.73. The van der Waals surface area contributed by atoms with Gasteiger partial charge >= 0.3 is 0 Å². The molecule has 1 saturated carbocycles. The second kappa shape index (κ2) is 8.06. The number of benzene rings is 2. The van der Waals surface area contributed by atoms with E-state index in [1.165, 1.54) is 5.56 Å². The van der Waals surface area contributed by atoms with Crippen LogP contribution in [0.1, 0.15) is 60.5 Å². The van der Waals surface area contributed by atoms with Crippen molar-refractivity contribution in [1.82, 2.24) is 9.55 Å². The Morgan fingerprint density at radius 3 is 2.58 bits per heavy atom. The van der Waals surface area contributed by atoms with E-state index in [9.17, 15) is 15.0 Å². The van der Waals surface area contributed by atoms with E-state index in [0.717, 1.165) is 29.7 Å². The first kappa shape index (κ1) is 20.2. The van der Waals surface area contributed by atoms with E-state index in [2.05, 4.69) is 21.7 Å². The standard InChI is InChI=1S/C26H28N2O3/c29-24(19-6-2-1-3-7-19)14-18-10-12-26(31,13-11-18)25(30)15-22-20-8-4-5-9-21(20)23-16-27-17-28(22)23/h1-9,16-18,22,25,30-31H,10-15H2. The lowest BCUT2D eigenvalue weighted by atomic mass is 9.73. The van der Waals surface area contributed by atoms with Crippen molar-refractivity contribution in [2.24, 2.45) is 5.92 Å². The smallest absolute Gasteiger partial charge is 0.163 e. The molecule has 31 heavy (non-hydrogen) atoms. The molecule has 0 radical (unpaired) electrons. The summed E-state index contributed by atoms with van der Waals surface area (Å²) in [6.45, 7) is 0. The van der Waals surface area contributed by atoms with Crippen LogP contribution < -0.4 is 0 Å². The second-order valence-electron chi connectivity index (χ2n) is 9.08. The van der Waals surface area contributed by atoms with Gasteiger partial charge in [0.25, 0.3) is 0 Å². The summed E-state index contributed by atoms with van der Waals surface area (Å²) in [5.41, 5.74) is 3.02. The fourth-order valence-electron chi connectivity index (χ4n) is 5.32. The first-order chi connectivity index (χ1) is 15.0. The molecule has 5 nitrogen and oxygen atoms in total. The minimum Gasteiger partial charge on any atom is -0.390 e. The van der Waals surface area contributed by atoms with Gasteiger partial charge in [0.1, 0.15) is 0 Å². The maximum atomic E-state index is 12.5. The highest BCUT2D eigenvalue weighted by Gasteiger charge is 2.42. The largest absolute Gasteiger partial charge is 0.390 e. The number of fused-ring (bicyclic) bond motifs is 3. The molecule has 0 saturated heterocycles. The second-order valence-corrected chi connectivity index (χ2v) is 9.08. The zero-order chi connectivity index (χ0) is 21.4. The molecule has 2 aromatic carbocycles. The summed E-state index contributed by atoms with van der Waals surface area (Å²) in [5.74, 6) is 0.416. The molecular weight excluding hydrogens is 388 g/mol. The van der Waals surface area contributed by atoms with Crippen molar-refractivity contribution in [3.05, 3.63) is 78.2 Å². The Balaban J connectivity index is 1.23. The maximum absolute atomic E-state index is 12.5. The Labute approximate surface area is 182 Å². The Kier molecular flexibility index (Phi) is 5.24. The van der Waals surface area contributed by atoms with Crippen molar-refractivity contribution in [3.63, 3.8) is 0 Å². The topological polar surface area (TPSA) is 75.3 Å². The van der Waals surface area contributed by atoms with Gasteiger partial charge in [-0.1, -0.05) is 54.6 Å². The fraction of sp³-hybridized carbons (Fsp3) is 0.385. The third-order valence-electron chi connectivity index (χ3n) is 7.21. The van der Waals surface area contributed by atoms with Crippen LogP contribution in [0.3, 0.4) is 0 Å². The molecule has 1 aliphatic heterocycles. The molecule has 160 valence electrons. The summed E-state index contributed by atoms with van der Waals surface area (Å²) in [4.78, 5) is 16.8. The molecule has 1 aliphatic carbocycles. The minimum absolute atomic E-state index is 0.0230. The van der Waals surface area contributed by atoms with Crippen LogP contribution in [-0.4, -0.2) is 37.3 Å². The Morgan fingerprint density at radius 2 is 1.81 bits per heavy atom. The molecule has 2 N–H and O–H groups in total. The number of rotatable bonds is 6. The first-order valence-corrected chi connectivity index (χ1v) is 11.1. The number of hydrogen-bond donors (Lipinski definition) is 2. The maximum Gasteiger partial charge on any atom is 0.163 e. The molecule has 2 unspecified atom stereocenters. The molecule has 5 heteroatoms. The number of carbonyl (C=O) groups is 1. The average molecular weight is 417 g/mol. The SMILES string of the molecule is O=C(CC1CCC(O)(C(O)CC2c3ccccc3-c3cncn32)CC1)c1ccccc1. The van der Waals surface area contributed by atoms with Gasteiger partial charge in [0.05, 0.1) is 36.0 Å². The lowest BCUT2D eigenvalue weighted by Gasteiger charge is -2.40. The van der Waals surface area contributed by atoms with E-state index in [1.54, 1.807) is 0 Å². The van der Waals surface area contributed by atoms with E-state index in [-0.39, 0.29) is 17.7 Å². The lowest BCUT2D eigenvalue weighted by Crippen LogP contribution is -2.46. The predicted octanol–water partition coefficient (Wildman–Crippen LogP) is 4.40. The molecule has 2 heterocycles. The van der Waals surface area contributed by atoms with Crippen LogP contribution in [0.5, 0.6) is 0 Å². The van der Waals surface area contributed by atoms with Crippen LogP contribution in [0.2, 0.25) is 0 Å². The van der Waals surface area contributed by atoms with E-state index in [0.29, 0.717) is 25.7 Å². The molecule has 1 aromatic heterocycles. The van der Waals surface area contributed by atoms with Gasteiger partial charge in [0.15, 0.2) is 5.78 Å². The van der Waals surface area contributed by atoms with Gasteiger partial charge in [-0.3, -0.25) is 4.79 Å². The molecule has 5 rings (SSSR count). The van der Waals surface area contributed by atoms with E-state index in [4.69, 9.17) is 0 Å². The molecule has 0 spiro atoms. The number of aromatic nitrogens is 2. The molecule has 3 aromatic rings. The number of ketones is 1. The normalized spacial score (nSPS) is 25.6. The van der Waals surface area contributed by atoms with Gasteiger partial charge in [-0.25, -0.2) is 4.98 Å². The van der Waals surface area contributed by atoms with Gasteiger partial charge in [0, 0.05) is 24.0 Å². The van der Waals surface area contributed by atoms with Gasteiger partial charge < -0.3 is 14.8 Å². The molecule has 1 fully saturated rings. The monoisotopic (exact) mass is 416 g/mol. The van der Waals surface area contributed by atoms with Crippen molar-refractivity contribution < 1.29 is 15.0 Å². The Hall–Kier alpha value is -2.76. The number of imidazole rings is 1. The summed E-state index contributed by atoms with van der Waals surface area (Å²) < 4.78 is 2.10. The zero-order valence-corrected chi connectivity index (χ0v) is 17.5. The van der Waals surface area contributed by atoms with Crippen LogP contribution in [0, 0.1) is 5.92 Å². The lowest BCUT2D eigenvalue weighted by molar-refractivity contribution is -0.109. The predicted molar refractivity (Wildman–Crippen MR) is 119 cm³/mol. The number of carbonyl (C=O) groups excluding carboxylic acids is 1. The van der Waals surface area contributed by atoms with Crippen LogP contribution in [-0.2, 0) is 0 Å². The van der Waals surface area contributed by atoms with Gasteiger partial charge in [-0.05, 0) is 37.2 Å². The van der Waals surface area contributed by atoms with Crippen LogP contribution in [0.25, 0.3) is 11.3 Å². The summed E-state index contributed by atoms with van der Waals surface area (Å²) in [5, 5.41) is 22.3. The summed E-state index contributed by atoms with van der Waals surface area (Å²) >= 11 is 0. The summed E-state index contributed by atoms with van der Waals surface area (Å²) in [7, 11) is 0. The van der Waals surface area contributed by atoms with Gasteiger partial charge in [-0.15, -0.1) is 0 Å². The van der Waals surface area contributed by atoms with Crippen LogP contribution in [0.4, 0.5) is 0 Å². The number of aliphatic hydroxyl groups excluding tert-OH is 1. The average Bonchev–Trinajstić information content (AvgIpc) is 3.39. The van der Waals surface area contributed by atoms with Crippen molar-refractivity contribution in [3.8, 4) is 11.3 Å². The molecule has 2 aliphatic rings. The molecule has 2 atom stereocenters. The number of hydrogen-bond acceptors (Lipinski definition) is 4. The fourth-order valence-corrected chi connectivity index (χ4v) is 5.32. The quantitative estimate of drug-likeness (QED) is 0.584. The van der Waals surface area contributed by atoms with E-state index in [1.807, 2.05) is 55.0 Å².